The van der Waals surface area contributed by atoms with Crippen LogP contribution >= 0.6 is 0 Å². The molecule has 11 rings (SSSR count). The Hall–Kier alpha value is -5.41. The number of allylic oxidation sites excluding steroid dienone is 8. The molecule has 0 saturated heterocycles. The molecule has 1 aromatic heterocycles. The van der Waals surface area contributed by atoms with Crippen LogP contribution in [-0.4, -0.2) is 22.4 Å². The molecule has 4 aromatic carbocycles. The molecular formula is C53H51N3. The van der Waals surface area contributed by atoms with E-state index in [-0.39, 0.29) is 6.04 Å². The zero-order valence-electron chi connectivity index (χ0n) is 32.4. The van der Waals surface area contributed by atoms with E-state index >= 15 is 0 Å². The van der Waals surface area contributed by atoms with Gasteiger partial charge in [-0.25, -0.2) is 0 Å². The minimum atomic E-state index is 0.286. The van der Waals surface area contributed by atoms with Gasteiger partial charge >= 0.3 is 0 Å². The predicted molar refractivity (Wildman–Crippen MR) is 236 cm³/mol. The van der Waals surface area contributed by atoms with Gasteiger partial charge in [-0.15, -0.1) is 0 Å². The average Bonchev–Trinajstić information content (AvgIpc) is 3.79. The third kappa shape index (κ3) is 5.90. The molecule has 0 bridgehead atoms. The number of anilines is 1. The predicted octanol–water partition coefficient (Wildman–Crippen LogP) is 13.6. The van der Waals surface area contributed by atoms with Crippen molar-refractivity contribution in [3.63, 3.8) is 0 Å². The monoisotopic (exact) mass is 729 g/mol. The number of hydrogen-bond donors (Lipinski definition) is 0. The zero-order valence-corrected chi connectivity index (χ0v) is 32.4. The normalized spacial score (nSPS) is 25.6. The zero-order chi connectivity index (χ0) is 37.0. The van der Waals surface area contributed by atoms with Crippen LogP contribution in [0.25, 0.3) is 38.6 Å². The van der Waals surface area contributed by atoms with Gasteiger partial charge in [0.25, 0.3) is 0 Å². The lowest BCUT2D eigenvalue weighted by molar-refractivity contribution is 0.518. The smallest absolute Gasteiger partial charge is 0.0678 e. The maximum atomic E-state index is 5.44. The number of hydrogen-bond acceptors (Lipinski definition) is 2. The van der Waals surface area contributed by atoms with Crippen molar-refractivity contribution in [2.24, 2.45) is 10.9 Å². The highest BCUT2D eigenvalue weighted by Gasteiger charge is 2.42. The van der Waals surface area contributed by atoms with E-state index in [4.69, 9.17) is 4.99 Å². The van der Waals surface area contributed by atoms with E-state index in [9.17, 15) is 0 Å². The van der Waals surface area contributed by atoms with Gasteiger partial charge in [-0.2, -0.15) is 0 Å². The van der Waals surface area contributed by atoms with E-state index in [0.717, 1.165) is 38.5 Å². The summed E-state index contributed by atoms with van der Waals surface area (Å²) >= 11 is 0. The Bertz CT molecular complexity index is 2570. The SMILES string of the molecule is C1=CC(C2=CC(N3c4ccc(-c5ccc6c7ccccc7n(-c7cccc(C8C=CCCC8)c7)c6c5)cc4C4CCC=CC43)CC(C3CC=CCC3)=N2)=CCC1. The van der Waals surface area contributed by atoms with Crippen LogP contribution in [0, 0.1) is 5.92 Å². The van der Waals surface area contributed by atoms with Crippen molar-refractivity contribution in [3.8, 4) is 16.8 Å². The summed E-state index contributed by atoms with van der Waals surface area (Å²) in [6.45, 7) is 0. The lowest BCUT2D eigenvalue weighted by Crippen LogP contribution is -2.44. The molecule has 0 spiro atoms. The van der Waals surface area contributed by atoms with Crippen LogP contribution in [0.5, 0.6) is 0 Å². The highest BCUT2D eigenvalue weighted by atomic mass is 15.2. The molecule has 4 aliphatic carbocycles. The van der Waals surface area contributed by atoms with Gasteiger partial charge in [-0.05, 0) is 135 Å². The van der Waals surface area contributed by atoms with Gasteiger partial charge in [0.1, 0.15) is 0 Å². The highest BCUT2D eigenvalue weighted by molar-refractivity contribution is 6.10. The van der Waals surface area contributed by atoms with Crippen molar-refractivity contribution in [2.45, 2.75) is 94.5 Å². The van der Waals surface area contributed by atoms with Gasteiger partial charge in [0.15, 0.2) is 0 Å². The summed E-state index contributed by atoms with van der Waals surface area (Å²) in [4.78, 5) is 8.22. The largest absolute Gasteiger partial charge is 0.357 e. The Morgan fingerprint density at radius 1 is 0.661 bits per heavy atom. The molecule has 0 radical (unpaired) electrons. The number of aliphatic imine (C=N–C) groups is 1. The maximum absolute atomic E-state index is 5.44. The molecule has 0 saturated carbocycles. The van der Waals surface area contributed by atoms with E-state index in [1.54, 1.807) is 0 Å². The molecule has 5 atom stereocenters. The van der Waals surface area contributed by atoms with E-state index in [0.29, 0.717) is 23.8 Å². The van der Waals surface area contributed by atoms with Gasteiger partial charge in [0, 0.05) is 52.0 Å². The third-order valence-corrected chi connectivity index (χ3v) is 13.7. The second-order valence-electron chi connectivity index (χ2n) is 17.0. The van der Waals surface area contributed by atoms with E-state index in [1.807, 2.05) is 0 Å². The molecule has 2 aliphatic heterocycles. The fourth-order valence-corrected chi connectivity index (χ4v) is 10.9. The summed E-state index contributed by atoms with van der Waals surface area (Å²) in [6, 6.07) is 33.5. The first-order valence-corrected chi connectivity index (χ1v) is 21.5. The first-order chi connectivity index (χ1) is 27.8. The first-order valence-electron chi connectivity index (χ1n) is 21.5. The van der Waals surface area contributed by atoms with Crippen LogP contribution in [0.15, 0.2) is 162 Å². The standard InChI is InChI=1S/C53H51N3/c1-4-15-36(16-5-1)39-21-14-22-42(31-39)55-50-25-12-10-23-44(50)46-29-27-41(33-53(46)55)40-28-30-52-47(32-40)45-24-11-13-26-51(45)56(52)43-34-48(37-17-6-2-7-18-37)54-49(35-43)38-19-8-3-9-20-38/h2,4,6,8,10,12-15,19-23,25-33,35-37,43,45,51H,1,3,5,7,9,11,16-18,24,34H2. The lowest BCUT2D eigenvalue weighted by atomic mass is 9.83. The second kappa shape index (κ2) is 14.3. The number of benzene rings is 4. The van der Waals surface area contributed by atoms with Gasteiger partial charge in [-0.1, -0.05) is 103 Å². The second-order valence-corrected chi connectivity index (χ2v) is 17.0. The number of fused-ring (bicyclic) bond motifs is 6. The fourth-order valence-electron chi connectivity index (χ4n) is 10.9. The Labute approximate surface area is 331 Å². The lowest BCUT2D eigenvalue weighted by Gasteiger charge is -2.39. The molecule has 5 aromatic rings. The van der Waals surface area contributed by atoms with Gasteiger partial charge < -0.3 is 9.47 Å². The molecule has 0 amide bonds. The minimum absolute atomic E-state index is 0.286. The Kier molecular flexibility index (Phi) is 8.63. The van der Waals surface area contributed by atoms with E-state index < -0.39 is 0 Å². The summed E-state index contributed by atoms with van der Waals surface area (Å²) in [5.74, 6) is 1.53. The van der Waals surface area contributed by atoms with Gasteiger partial charge in [-0.3, -0.25) is 4.99 Å². The summed E-state index contributed by atoms with van der Waals surface area (Å²) in [5, 5.41) is 2.62. The maximum Gasteiger partial charge on any atom is 0.0678 e. The van der Waals surface area contributed by atoms with Crippen molar-refractivity contribution in [1.82, 2.24) is 4.57 Å². The Morgan fingerprint density at radius 2 is 1.55 bits per heavy atom. The topological polar surface area (TPSA) is 20.5 Å². The molecule has 0 N–H and O–H groups in total. The van der Waals surface area contributed by atoms with Crippen molar-refractivity contribution < 1.29 is 0 Å². The van der Waals surface area contributed by atoms with Crippen LogP contribution in [0.1, 0.15) is 93.6 Å². The molecular weight excluding hydrogens is 679 g/mol. The van der Waals surface area contributed by atoms with Crippen molar-refractivity contribution in [1.29, 1.82) is 0 Å². The van der Waals surface area contributed by atoms with Crippen molar-refractivity contribution >= 4 is 33.2 Å². The van der Waals surface area contributed by atoms with Crippen molar-refractivity contribution in [2.75, 3.05) is 4.90 Å². The minimum Gasteiger partial charge on any atom is -0.357 e. The third-order valence-electron chi connectivity index (χ3n) is 13.7. The van der Waals surface area contributed by atoms with Crippen LogP contribution in [0.4, 0.5) is 5.69 Å². The highest BCUT2D eigenvalue weighted by Crippen LogP contribution is 2.50. The van der Waals surface area contributed by atoms with Gasteiger partial charge in [0.05, 0.1) is 28.8 Å². The molecule has 6 aliphatic rings. The van der Waals surface area contributed by atoms with Crippen LogP contribution < -0.4 is 4.90 Å². The summed E-state index contributed by atoms with van der Waals surface area (Å²) in [5.41, 5.74) is 14.6. The van der Waals surface area contributed by atoms with Crippen LogP contribution in [0.3, 0.4) is 0 Å². The summed E-state index contributed by atoms with van der Waals surface area (Å²) in [7, 11) is 0. The number of para-hydroxylation sites is 1. The Morgan fingerprint density at radius 3 is 2.45 bits per heavy atom. The van der Waals surface area contributed by atoms with Gasteiger partial charge in [0.2, 0.25) is 0 Å². The quantitative estimate of drug-likeness (QED) is 0.159. The molecule has 3 nitrogen and oxygen atoms in total. The molecule has 3 heteroatoms. The summed E-state index contributed by atoms with van der Waals surface area (Å²) < 4.78 is 2.51. The Balaban J connectivity index is 0.995. The number of nitrogens with zero attached hydrogens (tertiary/aromatic N) is 3. The van der Waals surface area contributed by atoms with E-state index in [2.05, 4.69) is 155 Å². The molecule has 278 valence electrons. The number of aromatic nitrogens is 1. The molecule has 56 heavy (non-hydrogen) atoms. The summed E-state index contributed by atoms with van der Waals surface area (Å²) in [6.07, 6.45) is 36.8. The average molecular weight is 730 g/mol. The molecule has 3 heterocycles. The van der Waals surface area contributed by atoms with Crippen LogP contribution in [-0.2, 0) is 0 Å². The molecule has 0 fully saturated rings. The van der Waals surface area contributed by atoms with Crippen LogP contribution in [0.2, 0.25) is 0 Å². The fraction of sp³-hybridized carbons (Fsp3) is 0.302. The van der Waals surface area contributed by atoms with Crippen molar-refractivity contribution in [3.05, 3.63) is 168 Å². The molecule has 5 unspecified atom stereocenters. The van der Waals surface area contributed by atoms with E-state index in [1.165, 1.54) is 105 Å². The first kappa shape index (κ1) is 33.9. The number of rotatable bonds is 6.